The minimum atomic E-state index is -0.437. The van der Waals surface area contributed by atoms with Gasteiger partial charge in [0.2, 0.25) is 0 Å². The van der Waals surface area contributed by atoms with Crippen molar-refractivity contribution in [2.24, 2.45) is 5.92 Å². The first-order valence-electron chi connectivity index (χ1n) is 9.88. The molecule has 0 radical (unpaired) electrons. The number of amides is 2. The number of nitrogens with one attached hydrogen (secondary N) is 1. The van der Waals surface area contributed by atoms with Gasteiger partial charge in [0.25, 0.3) is 11.8 Å². The molecule has 2 amide bonds. The molecule has 1 N–H and O–H groups in total. The summed E-state index contributed by atoms with van der Waals surface area (Å²) in [5.41, 5.74) is 2.38. The van der Waals surface area contributed by atoms with E-state index in [0.717, 1.165) is 5.56 Å². The van der Waals surface area contributed by atoms with E-state index >= 15 is 0 Å². The normalized spacial score (nSPS) is 16.4. The fraction of sp³-hybridized carbons (Fsp3) is 0.217. The van der Waals surface area contributed by atoms with E-state index in [1.165, 1.54) is 0 Å². The topological polar surface area (TPSA) is 80.1 Å². The predicted octanol–water partition coefficient (Wildman–Crippen LogP) is 2.92. The monoisotopic (exact) mass is 401 g/mol. The van der Waals surface area contributed by atoms with Crippen LogP contribution >= 0.6 is 0 Å². The number of carbonyl (C=O) groups excluding carboxylic acids is 2. The Bertz CT molecular complexity index is 1070. The van der Waals surface area contributed by atoms with Crippen molar-refractivity contribution >= 4 is 17.4 Å². The summed E-state index contributed by atoms with van der Waals surface area (Å²) in [6.07, 6.45) is 2.88. The molecular formula is C23H23N5O2. The number of nitrogens with zero attached hydrogens (tertiary/aromatic N) is 4. The third-order valence-electron chi connectivity index (χ3n) is 4.98. The van der Waals surface area contributed by atoms with Crippen molar-refractivity contribution in [3.63, 3.8) is 0 Å². The highest BCUT2D eigenvalue weighted by Crippen LogP contribution is 2.24. The molecule has 1 aromatic heterocycles. The first-order valence-corrected chi connectivity index (χ1v) is 9.88. The predicted molar refractivity (Wildman–Crippen MR) is 113 cm³/mol. The van der Waals surface area contributed by atoms with Gasteiger partial charge in [0.1, 0.15) is 11.9 Å². The zero-order valence-electron chi connectivity index (χ0n) is 16.9. The summed E-state index contributed by atoms with van der Waals surface area (Å²) in [5, 5.41) is 11.3. The number of aromatic nitrogens is 3. The average Bonchev–Trinajstić information content (AvgIpc) is 3.22. The molecule has 30 heavy (non-hydrogen) atoms. The van der Waals surface area contributed by atoms with E-state index in [-0.39, 0.29) is 17.7 Å². The molecule has 1 aliphatic rings. The molecule has 152 valence electrons. The Kier molecular flexibility index (Phi) is 5.43. The van der Waals surface area contributed by atoms with Crippen LogP contribution in [0.2, 0.25) is 0 Å². The highest BCUT2D eigenvalue weighted by molar-refractivity contribution is 6.20. The average molecular weight is 401 g/mol. The van der Waals surface area contributed by atoms with Crippen LogP contribution in [0.25, 0.3) is 5.57 Å². The molecule has 0 saturated carbocycles. The van der Waals surface area contributed by atoms with E-state index in [1.807, 2.05) is 62.4 Å². The van der Waals surface area contributed by atoms with Crippen LogP contribution in [-0.2, 0) is 11.3 Å². The minimum Gasteiger partial charge on any atom is -0.331 e. The number of rotatable bonds is 5. The van der Waals surface area contributed by atoms with E-state index in [2.05, 4.69) is 15.6 Å². The second-order valence-corrected chi connectivity index (χ2v) is 7.57. The molecule has 7 heteroatoms. The van der Waals surface area contributed by atoms with Crippen LogP contribution in [0.1, 0.15) is 35.5 Å². The van der Waals surface area contributed by atoms with Gasteiger partial charge in [-0.3, -0.25) is 14.5 Å². The first-order chi connectivity index (χ1) is 14.5. The van der Waals surface area contributed by atoms with Crippen LogP contribution in [0.5, 0.6) is 0 Å². The fourth-order valence-electron chi connectivity index (χ4n) is 3.41. The lowest BCUT2D eigenvalue weighted by molar-refractivity contribution is -0.118. The molecule has 2 aromatic carbocycles. The SMILES string of the molecule is CC(C)[C@H]1NC(=O)C(c2cn(Cc3ccccc3)nn2)=CN1C(=O)c1ccccc1. The first kappa shape index (κ1) is 19.6. The van der Waals surface area contributed by atoms with Crippen LogP contribution in [0.4, 0.5) is 0 Å². The van der Waals surface area contributed by atoms with Gasteiger partial charge in [-0.25, -0.2) is 4.68 Å². The number of benzene rings is 2. The molecular weight excluding hydrogens is 378 g/mol. The highest BCUT2D eigenvalue weighted by atomic mass is 16.2. The van der Waals surface area contributed by atoms with Gasteiger partial charge in [0, 0.05) is 11.8 Å². The van der Waals surface area contributed by atoms with Crippen LogP contribution < -0.4 is 5.32 Å². The van der Waals surface area contributed by atoms with Gasteiger partial charge >= 0.3 is 0 Å². The van der Waals surface area contributed by atoms with Gasteiger partial charge in [-0.05, 0) is 23.6 Å². The number of carbonyl (C=O) groups is 2. The van der Waals surface area contributed by atoms with E-state index in [1.54, 1.807) is 34.1 Å². The largest absolute Gasteiger partial charge is 0.331 e. The lowest BCUT2D eigenvalue weighted by Crippen LogP contribution is -2.54. The Morgan fingerprint density at radius 2 is 1.73 bits per heavy atom. The van der Waals surface area contributed by atoms with Gasteiger partial charge in [-0.1, -0.05) is 67.6 Å². The van der Waals surface area contributed by atoms with Crippen LogP contribution in [-0.4, -0.2) is 37.9 Å². The molecule has 0 bridgehead atoms. The third kappa shape index (κ3) is 4.00. The summed E-state index contributed by atoms with van der Waals surface area (Å²) in [5.74, 6) is -0.408. The molecule has 0 spiro atoms. The van der Waals surface area contributed by atoms with E-state index in [4.69, 9.17) is 0 Å². The van der Waals surface area contributed by atoms with Gasteiger partial charge in [0.15, 0.2) is 0 Å². The quantitative estimate of drug-likeness (QED) is 0.713. The van der Waals surface area contributed by atoms with E-state index < -0.39 is 6.17 Å². The van der Waals surface area contributed by atoms with E-state index in [9.17, 15) is 9.59 Å². The van der Waals surface area contributed by atoms with Crippen molar-refractivity contribution in [1.29, 1.82) is 0 Å². The van der Waals surface area contributed by atoms with Crippen molar-refractivity contribution in [2.75, 3.05) is 0 Å². The van der Waals surface area contributed by atoms with Crippen molar-refractivity contribution in [1.82, 2.24) is 25.2 Å². The second-order valence-electron chi connectivity index (χ2n) is 7.57. The lowest BCUT2D eigenvalue weighted by Gasteiger charge is -2.36. The Hall–Kier alpha value is -3.74. The zero-order chi connectivity index (χ0) is 21.1. The summed E-state index contributed by atoms with van der Waals surface area (Å²) >= 11 is 0. The van der Waals surface area contributed by atoms with Crippen molar-refractivity contribution in [3.05, 3.63) is 89.9 Å². The Morgan fingerprint density at radius 1 is 1.07 bits per heavy atom. The molecule has 4 rings (SSSR count). The maximum absolute atomic E-state index is 13.1. The third-order valence-corrected chi connectivity index (χ3v) is 4.98. The maximum Gasteiger partial charge on any atom is 0.259 e. The molecule has 0 aliphatic carbocycles. The molecule has 0 unspecified atom stereocenters. The number of hydrogen-bond acceptors (Lipinski definition) is 4. The number of hydrogen-bond donors (Lipinski definition) is 1. The van der Waals surface area contributed by atoms with Crippen molar-refractivity contribution in [2.45, 2.75) is 26.6 Å². The van der Waals surface area contributed by atoms with Crippen LogP contribution in [0.3, 0.4) is 0 Å². The standard InChI is InChI=1S/C23H23N5O2/c1-16(2)21-24-22(29)19(14-28(21)23(30)18-11-7-4-8-12-18)20-15-27(26-25-20)13-17-9-5-3-6-10-17/h3-12,14-16,21H,13H2,1-2H3,(H,24,29)/t21-/m0/s1. The summed E-state index contributed by atoms with van der Waals surface area (Å²) in [4.78, 5) is 27.5. The summed E-state index contributed by atoms with van der Waals surface area (Å²) in [7, 11) is 0. The molecule has 1 aliphatic heterocycles. The fourth-order valence-corrected chi connectivity index (χ4v) is 3.41. The molecule has 0 fully saturated rings. The van der Waals surface area contributed by atoms with Crippen molar-refractivity contribution < 1.29 is 9.59 Å². The molecule has 3 aromatic rings. The van der Waals surface area contributed by atoms with Crippen LogP contribution in [0, 0.1) is 5.92 Å². The highest BCUT2D eigenvalue weighted by Gasteiger charge is 2.34. The minimum absolute atomic E-state index is 0.0353. The molecule has 0 saturated heterocycles. The van der Waals surface area contributed by atoms with Crippen molar-refractivity contribution in [3.8, 4) is 0 Å². The summed E-state index contributed by atoms with van der Waals surface area (Å²) in [6.45, 7) is 4.47. The van der Waals surface area contributed by atoms with Crippen LogP contribution in [0.15, 0.2) is 73.1 Å². The Morgan fingerprint density at radius 3 is 2.40 bits per heavy atom. The zero-order valence-corrected chi connectivity index (χ0v) is 16.9. The smallest absolute Gasteiger partial charge is 0.259 e. The maximum atomic E-state index is 13.1. The summed E-state index contributed by atoms with van der Waals surface area (Å²) < 4.78 is 1.68. The van der Waals surface area contributed by atoms with Gasteiger partial charge in [0.05, 0.1) is 18.3 Å². The van der Waals surface area contributed by atoms with E-state index in [0.29, 0.717) is 23.4 Å². The Labute approximate surface area is 175 Å². The van der Waals surface area contributed by atoms with Gasteiger partial charge in [-0.2, -0.15) is 0 Å². The molecule has 1 atom stereocenters. The molecule has 2 heterocycles. The lowest BCUT2D eigenvalue weighted by atomic mass is 10.0. The molecule has 7 nitrogen and oxygen atoms in total. The summed E-state index contributed by atoms with van der Waals surface area (Å²) in [6, 6.07) is 18.9. The second kappa shape index (κ2) is 8.32. The van der Waals surface area contributed by atoms with Gasteiger partial charge in [-0.15, -0.1) is 5.10 Å². The Balaban J connectivity index is 1.65. The van der Waals surface area contributed by atoms with Gasteiger partial charge < -0.3 is 5.32 Å².